The van der Waals surface area contributed by atoms with Gasteiger partial charge in [0.15, 0.2) is 0 Å². The second-order valence-corrected chi connectivity index (χ2v) is 7.11. The first-order valence-electron chi connectivity index (χ1n) is 6.94. The van der Waals surface area contributed by atoms with Gasteiger partial charge >= 0.3 is 0 Å². The summed E-state index contributed by atoms with van der Waals surface area (Å²) >= 11 is 14.0. The molecule has 3 rings (SSSR count). The summed E-state index contributed by atoms with van der Waals surface area (Å²) in [5.74, 6) is 0.936. The molecule has 0 radical (unpaired) electrons. The number of hydrogen-bond donors (Lipinski definition) is 0. The van der Waals surface area contributed by atoms with E-state index in [2.05, 4.69) is 5.10 Å². The second kappa shape index (κ2) is 6.52. The Kier molecular flexibility index (Phi) is 4.66. The molecule has 0 bridgehead atoms. The van der Waals surface area contributed by atoms with Gasteiger partial charge in [-0.05, 0) is 25.1 Å². The molecule has 1 fully saturated rings. The molecular weight excluding hydrogens is 341 g/mol. The summed E-state index contributed by atoms with van der Waals surface area (Å²) in [7, 11) is 0. The fourth-order valence-corrected chi connectivity index (χ4v) is 4.39. The largest absolute Gasteiger partial charge is 0.324 e. The highest BCUT2D eigenvalue weighted by Crippen LogP contribution is 2.42. The lowest BCUT2D eigenvalue weighted by Crippen LogP contribution is -2.36. The van der Waals surface area contributed by atoms with Gasteiger partial charge in [0.25, 0.3) is 0 Å². The molecule has 1 aromatic carbocycles. The standard InChI is InChI=1S/C15H15Cl2N3OS/c1-10(20-6-2-5-18-20)14(21)19-7-8-22-15(19)12-4-3-11(16)9-13(12)17/h2-6,9-10,15H,7-8H2,1H3. The van der Waals surface area contributed by atoms with Gasteiger partial charge in [-0.15, -0.1) is 11.8 Å². The van der Waals surface area contributed by atoms with E-state index in [4.69, 9.17) is 23.2 Å². The molecule has 4 nitrogen and oxygen atoms in total. The summed E-state index contributed by atoms with van der Waals surface area (Å²) < 4.78 is 1.67. The molecule has 2 heterocycles. The lowest BCUT2D eigenvalue weighted by atomic mass is 10.2. The first-order valence-corrected chi connectivity index (χ1v) is 8.74. The Morgan fingerprint density at radius 1 is 1.45 bits per heavy atom. The number of thioether (sulfide) groups is 1. The van der Waals surface area contributed by atoms with Crippen LogP contribution >= 0.6 is 35.0 Å². The smallest absolute Gasteiger partial charge is 0.248 e. The lowest BCUT2D eigenvalue weighted by molar-refractivity contribution is -0.134. The van der Waals surface area contributed by atoms with Gasteiger partial charge in [0.05, 0.1) is 0 Å². The fourth-order valence-electron chi connectivity index (χ4n) is 2.52. The van der Waals surface area contributed by atoms with Crippen LogP contribution in [0.3, 0.4) is 0 Å². The van der Waals surface area contributed by atoms with Gasteiger partial charge in [-0.2, -0.15) is 5.10 Å². The molecular formula is C15H15Cl2N3OS. The molecule has 0 spiro atoms. The molecule has 1 amide bonds. The third-order valence-corrected chi connectivity index (χ3v) is 5.49. The number of aromatic nitrogens is 2. The molecule has 2 atom stereocenters. The maximum atomic E-state index is 12.8. The van der Waals surface area contributed by atoms with E-state index in [0.717, 1.165) is 11.3 Å². The monoisotopic (exact) mass is 355 g/mol. The van der Waals surface area contributed by atoms with Gasteiger partial charge in [-0.1, -0.05) is 29.3 Å². The van der Waals surface area contributed by atoms with Crippen LogP contribution in [0.15, 0.2) is 36.7 Å². The summed E-state index contributed by atoms with van der Waals surface area (Å²) in [6.07, 6.45) is 3.48. The third-order valence-electron chi connectivity index (χ3n) is 3.68. The molecule has 2 unspecified atom stereocenters. The minimum atomic E-state index is -0.331. The molecule has 2 aromatic rings. The summed E-state index contributed by atoms with van der Waals surface area (Å²) in [5, 5.41) is 5.27. The molecule has 7 heteroatoms. The van der Waals surface area contributed by atoms with Crippen LogP contribution in [-0.2, 0) is 4.79 Å². The van der Waals surface area contributed by atoms with Crippen LogP contribution < -0.4 is 0 Å². The molecule has 116 valence electrons. The number of hydrogen-bond acceptors (Lipinski definition) is 3. The zero-order chi connectivity index (χ0) is 15.7. The fraction of sp³-hybridized carbons (Fsp3) is 0.333. The first kappa shape index (κ1) is 15.7. The highest BCUT2D eigenvalue weighted by molar-refractivity contribution is 7.99. The minimum Gasteiger partial charge on any atom is -0.324 e. The van der Waals surface area contributed by atoms with Gasteiger partial charge < -0.3 is 4.90 Å². The van der Waals surface area contributed by atoms with Gasteiger partial charge in [0.2, 0.25) is 5.91 Å². The Bertz CT molecular complexity index is 677. The Labute approximate surface area is 143 Å². The Balaban J connectivity index is 1.85. The van der Waals surface area contributed by atoms with E-state index < -0.39 is 0 Å². The van der Waals surface area contributed by atoms with Crippen molar-refractivity contribution in [3.8, 4) is 0 Å². The Morgan fingerprint density at radius 3 is 2.95 bits per heavy atom. The van der Waals surface area contributed by atoms with Crippen molar-refractivity contribution in [3.63, 3.8) is 0 Å². The highest BCUT2D eigenvalue weighted by Gasteiger charge is 2.34. The number of amides is 1. The van der Waals surface area contributed by atoms with E-state index in [1.54, 1.807) is 41.0 Å². The average Bonchev–Trinajstić information content (AvgIpc) is 3.17. The summed E-state index contributed by atoms with van der Waals surface area (Å²) in [4.78, 5) is 14.7. The number of nitrogens with zero attached hydrogens (tertiary/aromatic N) is 3. The van der Waals surface area contributed by atoms with Crippen molar-refractivity contribution in [1.82, 2.24) is 14.7 Å². The predicted molar refractivity (Wildman–Crippen MR) is 90.3 cm³/mol. The van der Waals surface area contributed by atoms with Crippen molar-refractivity contribution >= 4 is 40.9 Å². The number of halogens is 2. The van der Waals surface area contributed by atoms with Gasteiger partial charge in [-0.25, -0.2) is 0 Å². The third kappa shape index (κ3) is 2.98. The maximum Gasteiger partial charge on any atom is 0.248 e. The molecule has 22 heavy (non-hydrogen) atoms. The Morgan fingerprint density at radius 2 is 2.27 bits per heavy atom. The van der Waals surface area contributed by atoms with E-state index in [-0.39, 0.29) is 17.3 Å². The molecule has 1 aliphatic heterocycles. The zero-order valence-corrected chi connectivity index (χ0v) is 14.3. The van der Waals surface area contributed by atoms with E-state index in [9.17, 15) is 4.79 Å². The molecule has 0 N–H and O–H groups in total. The lowest BCUT2D eigenvalue weighted by Gasteiger charge is -2.27. The number of carbonyl (C=O) groups excluding carboxylic acids is 1. The topological polar surface area (TPSA) is 38.1 Å². The van der Waals surface area contributed by atoms with Gasteiger partial charge in [0, 0.05) is 40.3 Å². The quantitative estimate of drug-likeness (QED) is 0.834. The number of carbonyl (C=O) groups is 1. The van der Waals surface area contributed by atoms with Gasteiger partial charge in [-0.3, -0.25) is 9.48 Å². The van der Waals surface area contributed by atoms with E-state index in [1.165, 1.54) is 0 Å². The van der Waals surface area contributed by atoms with Gasteiger partial charge in [0.1, 0.15) is 11.4 Å². The van der Waals surface area contributed by atoms with Crippen LogP contribution in [0, 0.1) is 0 Å². The number of benzene rings is 1. The molecule has 1 aromatic heterocycles. The molecule has 0 saturated carbocycles. The van der Waals surface area contributed by atoms with Crippen molar-refractivity contribution in [2.75, 3.05) is 12.3 Å². The van der Waals surface area contributed by atoms with Crippen LogP contribution in [0.2, 0.25) is 10.0 Å². The maximum absolute atomic E-state index is 12.8. The van der Waals surface area contributed by atoms with Crippen molar-refractivity contribution < 1.29 is 4.79 Å². The predicted octanol–water partition coefficient (Wildman–Crippen LogP) is 4.03. The minimum absolute atomic E-state index is 0.0460. The van der Waals surface area contributed by atoms with E-state index in [0.29, 0.717) is 16.6 Å². The summed E-state index contributed by atoms with van der Waals surface area (Å²) in [5.41, 5.74) is 0.926. The first-order chi connectivity index (χ1) is 10.6. The SMILES string of the molecule is CC(C(=O)N1CCSC1c1ccc(Cl)cc1Cl)n1cccn1. The van der Waals surface area contributed by atoms with Crippen LogP contribution in [0.1, 0.15) is 23.9 Å². The average molecular weight is 356 g/mol. The summed E-state index contributed by atoms with van der Waals surface area (Å²) in [6.45, 7) is 2.57. The highest BCUT2D eigenvalue weighted by atomic mass is 35.5. The normalized spacial score (nSPS) is 19.4. The number of rotatable bonds is 3. The van der Waals surface area contributed by atoms with Crippen molar-refractivity contribution in [2.45, 2.75) is 18.3 Å². The molecule has 0 aliphatic carbocycles. The summed E-state index contributed by atoms with van der Waals surface area (Å²) in [6, 6.07) is 6.91. The van der Waals surface area contributed by atoms with Crippen molar-refractivity contribution in [2.24, 2.45) is 0 Å². The molecule has 1 saturated heterocycles. The van der Waals surface area contributed by atoms with Crippen LogP contribution in [0.5, 0.6) is 0 Å². The zero-order valence-electron chi connectivity index (χ0n) is 11.9. The van der Waals surface area contributed by atoms with E-state index >= 15 is 0 Å². The Hall–Kier alpha value is -1.17. The second-order valence-electron chi connectivity index (χ2n) is 5.08. The van der Waals surface area contributed by atoms with Crippen LogP contribution in [-0.4, -0.2) is 32.9 Å². The van der Waals surface area contributed by atoms with Crippen LogP contribution in [0.4, 0.5) is 0 Å². The van der Waals surface area contributed by atoms with Crippen molar-refractivity contribution in [1.29, 1.82) is 0 Å². The molecule has 1 aliphatic rings. The van der Waals surface area contributed by atoms with Crippen molar-refractivity contribution in [3.05, 3.63) is 52.3 Å². The van der Waals surface area contributed by atoms with Crippen LogP contribution in [0.25, 0.3) is 0 Å². The van der Waals surface area contributed by atoms with E-state index in [1.807, 2.05) is 24.0 Å².